The first-order chi connectivity index (χ1) is 8.97. The average Bonchev–Trinajstić information content (AvgIpc) is 2.43. The Morgan fingerprint density at radius 2 is 1.79 bits per heavy atom. The second kappa shape index (κ2) is 7.29. The molecule has 2 N–H and O–H groups in total. The van der Waals surface area contributed by atoms with Crippen LogP contribution in [0.3, 0.4) is 0 Å². The largest absolute Gasteiger partial charge is 0.334 e. The first-order valence-electron chi connectivity index (χ1n) is 7.07. The number of carbonyl (C=O) groups excluding carboxylic acids is 1. The molecule has 2 atom stereocenters. The fourth-order valence-corrected chi connectivity index (χ4v) is 1.93. The van der Waals surface area contributed by atoms with Gasteiger partial charge in [-0.2, -0.15) is 0 Å². The molecule has 1 aromatic rings. The maximum Gasteiger partial charge on any atom is 0.240 e. The molecule has 0 spiro atoms. The zero-order valence-corrected chi connectivity index (χ0v) is 12.5. The van der Waals surface area contributed by atoms with E-state index in [4.69, 9.17) is 5.73 Å². The summed E-state index contributed by atoms with van der Waals surface area (Å²) in [5.41, 5.74) is 7.16. The monoisotopic (exact) mass is 262 g/mol. The molecule has 3 nitrogen and oxygen atoms in total. The van der Waals surface area contributed by atoms with E-state index >= 15 is 0 Å². The van der Waals surface area contributed by atoms with E-state index in [-0.39, 0.29) is 17.9 Å². The zero-order valence-electron chi connectivity index (χ0n) is 12.5. The van der Waals surface area contributed by atoms with Crippen LogP contribution in [-0.2, 0) is 11.3 Å². The second-order valence-corrected chi connectivity index (χ2v) is 5.48. The van der Waals surface area contributed by atoms with Crippen LogP contribution >= 0.6 is 0 Å². The first kappa shape index (κ1) is 15.7. The van der Waals surface area contributed by atoms with Crippen molar-refractivity contribution < 1.29 is 4.79 Å². The Balaban J connectivity index is 2.86. The van der Waals surface area contributed by atoms with Gasteiger partial charge in [-0.05, 0) is 24.8 Å². The van der Waals surface area contributed by atoms with Gasteiger partial charge < -0.3 is 10.6 Å². The lowest BCUT2D eigenvalue weighted by atomic mass is 10.0. The minimum atomic E-state index is -0.419. The lowest BCUT2D eigenvalue weighted by molar-refractivity contribution is -0.136. The van der Waals surface area contributed by atoms with E-state index in [2.05, 4.69) is 13.8 Å². The van der Waals surface area contributed by atoms with E-state index in [1.807, 2.05) is 49.1 Å². The Bertz CT molecular complexity index is 389. The third kappa shape index (κ3) is 4.35. The van der Waals surface area contributed by atoms with Gasteiger partial charge in [0.25, 0.3) is 0 Å². The van der Waals surface area contributed by atoms with Crippen molar-refractivity contribution in [3.05, 3.63) is 35.9 Å². The van der Waals surface area contributed by atoms with E-state index in [9.17, 15) is 4.79 Å². The van der Waals surface area contributed by atoms with E-state index < -0.39 is 6.04 Å². The van der Waals surface area contributed by atoms with E-state index in [0.717, 1.165) is 12.0 Å². The average molecular weight is 262 g/mol. The van der Waals surface area contributed by atoms with Crippen molar-refractivity contribution in [2.24, 2.45) is 11.7 Å². The van der Waals surface area contributed by atoms with Crippen LogP contribution < -0.4 is 5.73 Å². The molecule has 0 bridgehead atoms. The highest BCUT2D eigenvalue weighted by molar-refractivity contribution is 5.82. The van der Waals surface area contributed by atoms with Gasteiger partial charge >= 0.3 is 0 Å². The molecule has 0 aliphatic rings. The number of carbonyl (C=O) groups is 1. The Labute approximate surface area is 116 Å². The highest BCUT2D eigenvalue weighted by Gasteiger charge is 2.26. The number of hydrogen-bond donors (Lipinski definition) is 1. The Kier molecular flexibility index (Phi) is 6.03. The van der Waals surface area contributed by atoms with E-state index in [0.29, 0.717) is 6.54 Å². The predicted molar refractivity (Wildman–Crippen MR) is 79.6 cm³/mol. The van der Waals surface area contributed by atoms with Crippen LogP contribution in [0.25, 0.3) is 0 Å². The molecule has 1 rings (SSSR count). The molecule has 0 aromatic heterocycles. The highest BCUT2D eigenvalue weighted by atomic mass is 16.2. The number of nitrogens with two attached hydrogens (primary N) is 1. The molecule has 19 heavy (non-hydrogen) atoms. The maximum atomic E-state index is 12.5. The summed E-state index contributed by atoms with van der Waals surface area (Å²) in [5, 5.41) is 0. The van der Waals surface area contributed by atoms with Gasteiger partial charge in [0.15, 0.2) is 0 Å². The van der Waals surface area contributed by atoms with Gasteiger partial charge in [0.1, 0.15) is 0 Å². The minimum Gasteiger partial charge on any atom is -0.334 e. The topological polar surface area (TPSA) is 46.3 Å². The van der Waals surface area contributed by atoms with Gasteiger partial charge in [-0.15, -0.1) is 0 Å². The molecule has 0 aliphatic heterocycles. The summed E-state index contributed by atoms with van der Waals surface area (Å²) in [6.45, 7) is 8.78. The van der Waals surface area contributed by atoms with Crippen molar-refractivity contribution in [3.8, 4) is 0 Å². The lowest BCUT2D eigenvalue weighted by Gasteiger charge is -2.32. The van der Waals surface area contributed by atoms with Gasteiger partial charge in [-0.1, -0.05) is 51.1 Å². The van der Waals surface area contributed by atoms with Crippen LogP contribution in [0, 0.1) is 5.92 Å². The first-order valence-corrected chi connectivity index (χ1v) is 7.07. The molecule has 0 saturated carbocycles. The summed E-state index contributed by atoms with van der Waals surface area (Å²) in [5.74, 6) is 0.211. The molecule has 1 unspecified atom stereocenters. The number of hydrogen-bond acceptors (Lipinski definition) is 2. The number of nitrogens with zero attached hydrogens (tertiary/aromatic N) is 1. The normalized spacial score (nSPS) is 14.2. The van der Waals surface area contributed by atoms with Crippen LogP contribution in [0.5, 0.6) is 0 Å². The quantitative estimate of drug-likeness (QED) is 0.857. The summed E-state index contributed by atoms with van der Waals surface area (Å²) < 4.78 is 0. The molecule has 3 heteroatoms. The van der Waals surface area contributed by atoms with Crippen molar-refractivity contribution >= 4 is 5.91 Å². The third-order valence-electron chi connectivity index (χ3n) is 3.61. The molecule has 1 amide bonds. The van der Waals surface area contributed by atoms with E-state index in [1.54, 1.807) is 0 Å². The molecule has 106 valence electrons. The predicted octanol–water partition coefficient (Wildman–Crippen LogP) is 2.80. The van der Waals surface area contributed by atoms with Crippen molar-refractivity contribution in [1.82, 2.24) is 4.90 Å². The maximum absolute atomic E-state index is 12.5. The molecule has 0 aliphatic carbocycles. The molecule has 1 aromatic carbocycles. The summed E-state index contributed by atoms with van der Waals surface area (Å²) >= 11 is 0. The van der Waals surface area contributed by atoms with Crippen LogP contribution in [0.15, 0.2) is 30.3 Å². The molecular weight excluding hydrogens is 236 g/mol. The smallest absolute Gasteiger partial charge is 0.240 e. The molecule has 0 fully saturated rings. The summed E-state index contributed by atoms with van der Waals surface area (Å²) in [6, 6.07) is 9.86. The van der Waals surface area contributed by atoms with Crippen LogP contribution in [0.1, 0.15) is 39.7 Å². The van der Waals surface area contributed by atoms with Gasteiger partial charge in [0, 0.05) is 12.6 Å². The molecule has 0 saturated heterocycles. The van der Waals surface area contributed by atoms with Gasteiger partial charge in [-0.3, -0.25) is 4.79 Å². The Morgan fingerprint density at radius 3 is 2.26 bits per heavy atom. The molecule has 0 heterocycles. The number of rotatable bonds is 6. The second-order valence-electron chi connectivity index (χ2n) is 5.48. The van der Waals surface area contributed by atoms with Crippen molar-refractivity contribution in [2.75, 3.05) is 0 Å². The summed E-state index contributed by atoms with van der Waals surface area (Å²) in [6.07, 6.45) is 0.934. The van der Waals surface area contributed by atoms with Crippen molar-refractivity contribution in [3.63, 3.8) is 0 Å². The highest BCUT2D eigenvalue weighted by Crippen LogP contribution is 2.14. The Hall–Kier alpha value is -1.35. The van der Waals surface area contributed by atoms with Gasteiger partial charge in [-0.25, -0.2) is 0 Å². The van der Waals surface area contributed by atoms with Gasteiger partial charge in [0.2, 0.25) is 5.91 Å². The van der Waals surface area contributed by atoms with Crippen molar-refractivity contribution in [1.29, 1.82) is 0 Å². The lowest BCUT2D eigenvalue weighted by Crippen LogP contribution is -2.49. The standard InChI is InChI=1S/C16H26N2O/c1-5-13(4)18(16(19)15(17)12(2)3)11-14-9-7-6-8-10-14/h6-10,12-13,15H,5,11,17H2,1-4H3/t13?,15-/m1/s1. The number of amides is 1. The minimum absolute atomic E-state index is 0.0493. The van der Waals surface area contributed by atoms with E-state index in [1.165, 1.54) is 0 Å². The summed E-state index contributed by atoms with van der Waals surface area (Å²) in [4.78, 5) is 14.4. The molecular formula is C16H26N2O. The fourth-order valence-electron chi connectivity index (χ4n) is 1.93. The summed E-state index contributed by atoms with van der Waals surface area (Å²) in [7, 11) is 0. The van der Waals surface area contributed by atoms with Crippen LogP contribution in [-0.4, -0.2) is 22.9 Å². The third-order valence-corrected chi connectivity index (χ3v) is 3.61. The van der Waals surface area contributed by atoms with Crippen LogP contribution in [0.4, 0.5) is 0 Å². The van der Waals surface area contributed by atoms with Crippen molar-refractivity contribution in [2.45, 2.75) is 52.7 Å². The zero-order chi connectivity index (χ0) is 14.4. The van der Waals surface area contributed by atoms with Crippen LogP contribution in [0.2, 0.25) is 0 Å². The van der Waals surface area contributed by atoms with Gasteiger partial charge in [0.05, 0.1) is 6.04 Å². The molecule has 0 radical (unpaired) electrons. The SMILES string of the molecule is CCC(C)N(Cc1ccccc1)C(=O)[C@H](N)C(C)C. The fraction of sp³-hybridized carbons (Fsp3) is 0.562. The Morgan fingerprint density at radius 1 is 1.21 bits per heavy atom. The number of benzene rings is 1.